The van der Waals surface area contributed by atoms with Crippen molar-refractivity contribution in [1.82, 2.24) is 10.6 Å². The first-order chi connectivity index (χ1) is 26.3. The van der Waals surface area contributed by atoms with E-state index in [1.165, 1.54) is 43.3 Å². The fourth-order valence-electron chi connectivity index (χ4n) is 5.79. The average molecular weight is 786 g/mol. The SMILES string of the molecule is CC(=O)[C@H](CCC(=O)O)CC(=O)[C@H](Cc1ccc([N+](=O)[O-])cc1)NC(=O)[C@@H](CC(=O)CNC(=O)[C@H](CCC(=O)O)CC(=O)CCC(=O)O)Cc1cccc(F)c1. The minimum atomic E-state index is -1.37. The van der Waals surface area contributed by atoms with Gasteiger partial charge in [-0.3, -0.25) is 53.3 Å². The second kappa shape index (κ2) is 22.9. The van der Waals surface area contributed by atoms with Crippen molar-refractivity contribution in [1.29, 1.82) is 0 Å². The van der Waals surface area contributed by atoms with Crippen molar-refractivity contribution in [2.75, 3.05) is 6.54 Å². The predicted octanol–water partition coefficient (Wildman–Crippen LogP) is 3.03. The summed E-state index contributed by atoms with van der Waals surface area (Å²) in [5.74, 6) is -12.0. The van der Waals surface area contributed by atoms with Crippen molar-refractivity contribution in [3.63, 3.8) is 0 Å². The maximum atomic E-state index is 14.1. The van der Waals surface area contributed by atoms with Crippen LogP contribution in [0.4, 0.5) is 10.1 Å². The van der Waals surface area contributed by atoms with Crippen LogP contribution < -0.4 is 10.6 Å². The third-order valence-corrected chi connectivity index (χ3v) is 8.87. The highest BCUT2D eigenvalue weighted by Gasteiger charge is 2.31. The van der Waals surface area contributed by atoms with E-state index < -0.39 is 139 Å². The largest absolute Gasteiger partial charge is 0.481 e. The van der Waals surface area contributed by atoms with Gasteiger partial charge < -0.3 is 26.0 Å². The molecule has 5 N–H and O–H groups in total. The lowest BCUT2D eigenvalue weighted by atomic mass is 9.88. The third kappa shape index (κ3) is 17.3. The minimum absolute atomic E-state index is 0.162. The molecule has 2 amide bonds. The van der Waals surface area contributed by atoms with E-state index in [0.717, 1.165) is 12.1 Å². The van der Waals surface area contributed by atoms with E-state index in [0.29, 0.717) is 11.1 Å². The summed E-state index contributed by atoms with van der Waals surface area (Å²) >= 11 is 0. The van der Waals surface area contributed by atoms with Gasteiger partial charge in [0.1, 0.15) is 17.4 Å². The van der Waals surface area contributed by atoms with Crippen LogP contribution in [0.3, 0.4) is 0 Å². The molecule has 0 radical (unpaired) electrons. The smallest absolute Gasteiger partial charge is 0.303 e. The highest BCUT2D eigenvalue weighted by Crippen LogP contribution is 2.21. The summed E-state index contributed by atoms with van der Waals surface area (Å²) in [6.45, 7) is 0.516. The summed E-state index contributed by atoms with van der Waals surface area (Å²) in [6, 6.07) is 8.86. The molecule has 0 aliphatic carbocycles. The van der Waals surface area contributed by atoms with Gasteiger partial charge in [-0.25, -0.2) is 4.39 Å². The number of nitro groups is 1. The molecule has 0 aliphatic rings. The first-order valence-electron chi connectivity index (χ1n) is 17.6. The van der Waals surface area contributed by atoms with E-state index in [2.05, 4.69) is 10.6 Å². The normalized spacial score (nSPS) is 13.0. The molecule has 2 aromatic carbocycles. The van der Waals surface area contributed by atoms with E-state index in [-0.39, 0.29) is 31.4 Å². The molecule has 2 rings (SSSR count). The summed E-state index contributed by atoms with van der Waals surface area (Å²) < 4.78 is 14.1. The molecule has 0 aliphatic heterocycles. The molecule has 0 heterocycles. The van der Waals surface area contributed by atoms with Crippen LogP contribution in [0.1, 0.15) is 75.8 Å². The number of carbonyl (C=O) groups is 9. The van der Waals surface area contributed by atoms with E-state index in [4.69, 9.17) is 15.3 Å². The van der Waals surface area contributed by atoms with E-state index in [9.17, 15) is 57.7 Å². The highest BCUT2D eigenvalue weighted by molar-refractivity contribution is 5.95. The summed E-state index contributed by atoms with van der Waals surface area (Å²) in [7, 11) is 0. The number of carboxylic acid groups (broad SMARTS) is 3. The van der Waals surface area contributed by atoms with E-state index >= 15 is 0 Å². The molecule has 2 aromatic rings. The molecule has 0 aromatic heterocycles. The average Bonchev–Trinajstić information content (AvgIpc) is 3.12. The minimum Gasteiger partial charge on any atom is -0.481 e. The Morgan fingerprint density at radius 2 is 1.29 bits per heavy atom. The van der Waals surface area contributed by atoms with Crippen molar-refractivity contribution in [2.45, 2.75) is 83.6 Å². The lowest BCUT2D eigenvalue weighted by Crippen LogP contribution is -2.47. The Balaban J connectivity index is 2.34. The van der Waals surface area contributed by atoms with Crippen LogP contribution in [0.2, 0.25) is 0 Å². The van der Waals surface area contributed by atoms with Crippen LogP contribution in [0, 0.1) is 33.7 Å². The number of nitrogens with zero attached hydrogens (tertiary/aromatic N) is 1. The number of carboxylic acids is 3. The Hall–Kier alpha value is -6.20. The van der Waals surface area contributed by atoms with Gasteiger partial charge in [-0.1, -0.05) is 24.3 Å². The molecule has 17 nitrogen and oxygen atoms in total. The third-order valence-electron chi connectivity index (χ3n) is 8.87. The second-order valence-electron chi connectivity index (χ2n) is 13.4. The van der Waals surface area contributed by atoms with Gasteiger partial charge in [0.2, 0.25) is 11.8 Å². The van der Waals surface area contributed by atoms with Gasteiger partial charge in [0.05, 0.1) is 23.9 Å². The Morgan fingerprint density at radius 1 is 0.696 bits per heavy atom. The maximum Gasteiger partial charge on any atom is 0.303 e. The quantitative estimate of drug-likeness (QED) is 0.0643. The molecule has 0 fully saturated rings. The topological polar surface area (TPSA) is 282 Å². The van der Waals surface area contributed by atoms with Gasteiger partial charge in [-0.2, -0.15) is 0 Å². The van der Waals surface area contributed by atoms with Crippen molar-refractivity contribution in [2.24, 2.45) is 17.8 Å². The number of halogens is 1. The van der Waals surface area contributed by atoms with Crippen molar-refractivity contribution in [3.05, 3.63) is 75.6 Å². The number of carbonyl (C=O) groups excluding carboxylic acids is 6. The van der Waals surface area contributed by atoms with Gasteiger partial charge in [0, 0.05) is 68.4 Å². The van der Waals surface area contributed by atoms with Crippen LogP contribution in [0.15, 0.2) is 48.5 Å². The van der Waals surface area contributed by atoms with Gasteiger partial charge >= 0.3 is 17.9 Å². The number of benzene rings is 2. The maximum absolute atomic E-state index is 14.1. The molecule has 302 valence electrons. The molecular weight excluding hydrogens is 741 g/mol. The summed E-state index contributed by atoms with van der Waals surface area (Å²) in [4.78, 5) is 122. The van der Waals surface area contributed by atoms with Crippen LogP contribution in [0.5, 0.6) is 0 Å². The molecule has 56 heavy (non-hydrogen) atoms. The standard InChI is InChI=1S/C38H44FN3O14/c1-22(43)25(7-12-34(47)48)20-33(46)32(17-23-5-9-29(10-6-23)42(55)56)41-38(54)27(15-24-3-2-4-28(39)16-24)19-31(45)21-40-37(53)26(8-13-35(49)50)18-30(44)11-14-36(51)52/h2-6,9-10,16,25-27,32H,7-8,11-15,17-21H2,1H3,(H,40,53)(H,41,54)(H,47,48)(H,49,50)(H,51,52)/t25-,26-,27-,32+/m1/s1. The Kier molecular flexibility index (Phi) is 18.8. The number of rotatable bonds is 27. The van der Waals surface area contributed by atoms with Crippen molar-refractivity contribution < 1.29 is 67.8 Å². The number of hydrogen-bond donors (Lipinski definition) is 5. The number of aliphatic carboxylic acids is 3. The zero-order chi connectivity index (χ0) is 41.9. The molecule has 4 atom stereocenters. The van der Waals surface area contributed by atoms with Crippen LogP contribution in [-0.4, -0.2) is 85.7 Å². The van der Waals surface area contributed by atoms with Crippen LogP contribution >= 0.6 is 0 Å². The number of hydrogen-bond acceptors (Lipinski definition) is 11. The Bertz CT molecular complexity index is 1800. The summed E-state index contributed by atoms with van der Waals surface area (Å²) in [6.07, 6.45) is -4.19. The Morgan fingerprint density at radius 3 is 1.84 bits per heavy atom. The van der Waals surface area contributed by atoms with Crippen molar-refractivity contribution >= 4 is 58.5 Å². The van der Waals surface area contributed by atoms with Crippen LogP contribution in [0.25, 0.3) is 0 Å². The zero-order valence-electron chi connectivity index (χ0n) is 30.6. The molecule has 0 saturated carbocycles. The molecule has 18 heteroatoms. The fraction of sp³-hybridized carbons (Fsp3) is 0.447. The number of amides is 2. The monoisotopic (exact) mass is 785 g/mol. The molecule has 0 spiro atoms. The summed E-state index contributed by atoms with van der Waals surface area (Å²) in [5.41, 5.74) is 0.419. The first kappa shape index (κ1) is 46.0. The number of ketones is 4. The zero-order valence-corrected chi connectivity index (χ0v) is 30.6. The lowest BCUT2D eigenvalue weighted by molar-refractivity contribution is -0.384. The molecule has 0 unspecified atom stereocenters. The van der Waals surface area contributed by atoms with Gasteiger partial charge in [-0.15, -0.1) is 0 Å². The highest BCUT2D eigenvalue weighted by atomic mass is 19.1. The number of nitro benzene ring substituents is 1. The summed E-state index contributed by atoms with van der Waals surface area (Å²) in [5, 5.41) is 43.1. The molecule has 0 saturated heterocycles. The Labute approximate surface area is 320 Å². The first-order valence-corrected chi connectivity index (χ1v) is 17.6. The lowest BCUT2D eigenvalue weighted by Gasteiger charge is -2.24. The fourth-order valence-corrected chi connectivity index (χ4v) is 5.79. The van der Waals surface area contributed by atoms with E-state index in [1.54, 1.807) is 0 Å². The number of non-ortho nitro benzene ring substituents is 1. The van der Waals surface area contributed by atoms with E-state index in [1.807, 2.05) is 0 Å². The second-order valence-corrected chi connectivity index (χ2v) is 13.4. The van der Waals surface area contributed by atoms with Crippen molar-refractivity contribution in [3.8, 4) is 0 Å². The van der Waals surface area contributed by atoms with Crippen LogP contribution in [-0.2, 0) is 56.0 Å². The predicted molar refractivity (Wildman–Crippen MR) is 192 cm³/mol. The van der Waals surface area contributed by atoms with Gasteiger partial charge in [-0.05, 0) is 55.9 Å². The molecular formula is C38H44FN3O14. The van der Waals surface area contributed by atoms with Gasteiger partial charge in [0.15, 0.2) is 11.6 Å². The van der Waals surface area contributed by atoms with Gasteiger partial charge in [0.25, 0.3) is 5.69 Å². The number of nitrogens with one attached hydrogen (secondary N) is 2. The molecule has 0 bridgehead atoms. The number of Topliss-reactive ketones (excluding diaryl/α,β-unsaturated/α-hetero) is 4.